The molecule has 1 aromatic carbocycles. The first-order valence-corrected chi connectivity index (χ1v) is 5.17. The van der Waals surface area contributed by atoms with Gasteiger partial charge in [-0.15, -0.1) is 0 Å². The van der Waals surface area contributed by atoms with Crippen LogP contribution in [0, 0.1) is 10.1 Å². The molecule has 19 heavy (non-hydrogen) atoms. The van der Waals surface area contributed by atoms with Crippen molar-refractivity contribution >= 4 is 11.8 Å². The summed E-state index contributed by atoms with van der Waals surface area (Å²) in [6.07, 6.45) is 0.393. The Morgan fingerprint density at radius 1 is 1.37 bits per heavy atom. The molecule has 8 heteroatoms. The predicted octanol–water partition coefficient (Wildman–Crippen LogP) is 1.96. The molecule has 8 nitrogen and oxygen atoms in total. The topological polar surface area (TPSA) is 97.1 Å². The summed E-state index contributed by atoms with van der Waals surface area (Å²) in [5, 5.41) is 10.4. The number of carbonyl (C=O) groups is 1. The standard InChI is InChI=1S/C11H9NO7/c13-11(17-6-10-5-16-7-18-10)19-9-3-1-8(2-4-9)12(14)15/h1-5H,6-7H2. The lowest BCUT2D eigenvalue weighted by Gasteiger charge is -2.05. The molecular formula is C11H9NO7. The number of rotatable bonds is 4. The van der Waals surface area contributed by atoms with E-state index in [4.69, 9.17) is 18.9 Å². The zero-order chi connectivity index (χ0) is 13.7. The average molecular weight is 267 g/mol. The van der Waals surface area contributed by atoms with Crippen LogP contribution in [0.1, 0.15) is 0 Å². The first-order valence-electron chi connectivity index (χ1n) is 5.17. The van der Waals surface area contributed by atoms with Crippen LogP contribution in [0.5, 0.6) is 5.75 Å². The molecule has 0 radical (unpaired) electrons. The van der Waals surface area contributed by atoms with Crippen LogP contribution in [0.2, 0.25) is 0 Å². The van der Waals surface area contributed by atoms with Gasteiger partial charge in [-0.2, -0.15) is 0 Å². The Morgan fingerprint density at radius 3 is 2.68 bits per heavy atom. The van der Waals surface area contributed by atoms with Gasteiger partial charge in [-0.1, -0.05) is 0 Å². The number of hydrogen-bond donors (Lipinski definition) is 0. The lowest BCUT2D eigenvalue weighted by molar-refractivity contribution is -0.384. The number of nitro groups is 1. The Balaban J connectivity index is 1.82. The van der Waals surface area contributed by atoms with Crippen LogP contribution in [-0.4, -0.2) is 24.5 Å². The zero-order valence-electron chi connectivity index (χ0n) is 9.61. The van der Waals surface area contributed by atoms with Crippen LogP contribution in [-0.2, 0) is 14.2 Å². The monoisotopic (exact) mass is 267 g/mol. The Kier molecular flexibility index (Phi) is 3.81. The van der Waals surface area contributed by atoms with Gasteiger partial charge in [0.15, 0.2) is 12.4 Å². The molecule has 0 unspecified atom stereocenters. The molecule has 1 aliphatic rings. The van der Waals surface area contributed by atoms with E-state index in [-0.39, 0.29) is 24.8 Å². The second-order valence-electron chi connectivity index (χ2n) is 3.40. The summed E-state index contributed by atoms with van der Waals surface area (Å²) >= 11 is 0. The summed E-state index contributed by atoms with van der Waals surface area (Å²) < 4.78 is 19.2. The van der Waals surface area contributed by atoms with E-state index in [0.29, 0.717) is 5.76 Å². The molecule has 1 aliphatic heterocycles. The first-order chi connectivity index (χ1) is 9.15. The SMILES string of the molecule is O=C(OCC1=COCO1)Oc1ccc([N+](=O)[O-])cc1. The van der Waals surface area contributed by atoms with Crippen molar-refractivity contribution in [3.05, 3.63) is 46.4 Å². The van der Waals surface area contributed by atoms with E-state index in [1.54, 1.807) is 0 Å². The van der Waals surface area contributed by atoms with Crippen molar-refractivity contribution in [2.75, 3.05) is 13.4 Å². The highest BCUT2D eigenvalue weighted by atomic mass is 16.7. The van der Waals surface area contributed by atoms with E-state index in [1.807, 2.05) is 0 Å². The molecule has 0 fully saturated rings. The lowest BCUT2D eigenvalue weighted by Crippen LogP contribution is -2.12. The molecule has 0 atom stereocenters. The minimum Gasteiger partial charge on any atom is -0.461 e. The van der Waals surface area contributed by atoms with Gasteiger partial charge in [0, 0.05) is 12.1 Å². The van der Waals surface area contributed by atoms with Gasteiger partial charge in [-0.05, 0) is 12.1 Å². The predicted molar refractivity (Wildman–Crippen MR) is 60.2 cm³/mol. The Labute approximate surface area is 107 Å². The Morgan fingerprint density at radius 2 is 2.11 bits per heavy atom. The molecule has 0 bridgehead atoms. The minimum atomic E-state index is -0.940. The van der Waals surface area contributed by atoms with Crippen molar-refractivity contribution in [3.63, 3.8) is 0 Å². The Bertz CT molecular complexity index is 508. The first kappa shape index (κ1) is 12.7. The maximum absolute atomic E-state index is 11.3. The van der Waals surface area contributed by atoms with E-state index in [2.05, 4.69) is 0 Å². The molecule has 0 aromatic heterocycles. The van der Waals surface area contributed by atoms with Crippen LogP contribution in [0.15, 0.2) is 36.3 Å². The molecule has 0 aliphatic carbocycles. The molecule has 0 spiro atoms. The molecule has 1 aromatic rings. The fourth-order valence-electron chi connectivity index (χ4n) is 1.24. The highest BCUT2D eigenvalue weighted by Crippen LogP contribution is 2.17. The molecule has 0 amide bonds. The average Bonchev–Trinajstić information content (AvgIpc) is 2.90. The molecule has 0 saturated carbocycles. The van der Waals surface area contributed by atoms with E-state index in [1.165, 1.54) is 30.5 Å². The quantitative estimate of drug-likeness (QED) is 0.356. The fraction of sp³-hybridized carbons (Fsp3) is 0.182. The summed E-state index contributed by atoms with van der Waals surface area (Å²) in [5.74, 6) is 0.522. The van der Waals surface area contributed by atoms with Gasteiger partial charge >= 0.3 is 6.16 Å². The van der Waals surface area contributed by atoms with Gasteiger partial charge in [-0.3, -0.25) is 10.1 Å². The molecule has 100 valence electrons. The maximum atomic E-state index is 11.3. The van der Waals surface area contributed by atoms with Crippen LogP contribution < -0.4 is 4.74 Å². The third kappa shape index (κ3) is 3.60. The summed E-state index contributed by atoms with van der Waals surface area (Å²) in [7, 11) is 0. The van der Waals surface area contributed by atoms with Gasteiger partial charge in [0.1, 0.15) is 12.0 Å². The van der Waals surface area contributed by atoms with Crippen molar-refractivity contribution in [3.8, 4) is 5.75 Å². The van der Waals surface area contributed by atoms with Crippen molar-refractivity contribution in [2.24, 2.45) is 0 Å². The largest absolute Gasteiger partial charge is 0.514 e. The number of carbonyl (C=O) groups excluding carboxylic acids is 1. The van der Waals surface area contributed by atoms with Gasteiger partial charge in [0.05, 0.1) is 4.92 Å². The number of ether oxygens (including phenoxy) is 4. The second kappa shape index (κ2) is 5.71. The minimum absolute atomic E-state index is 0.0933. The van der Waals surface area contributed by atoms with Crippen molar-refractivity contribution in [1.29, 1.82) is 0 Å². The van der Waals surface area contributed by atoms with Gasteiger partial charge in [0.2, 0.25) is 6.79 Å². The van der Waals surface area contributed by atoms with Crippen LogP contribution in [0.25, 0.3) is 0 Å². The molecule has 1 heterocycles. The van der Waals surface area contributed by atoms with E-state index in [0.717, 1.165) is 0 Å². The van der Waals surface area contributed by atoms with Crippen molar-refractivity contribution in [1.82, 2.24) is 0 Å². The highest BCUT2D eigenvalue weighted by Gasteiger charge is 2.12. The summed E-state index contributed by atoms with van der Waals surface area (Å²) in [6.45, 7) is -0.0120. The summed E-state index contributed by atoms with van der Waals surface area (Å²) in [6, 6.07) is 5.04. The number of non-ortho nitro benzene ring substituents is 1. The summed E-state index contributed by atoms with van der Waals surface area (Å²) in [4.78, 5) is 21.2. The molecule has 0 saturated heterocycles. The maximum Gasteiger partial charge on any atom is 0.514 e. The highest BCUT2D eigenvalue weighted by molar-refractivity contribution is 5.64. The molecular weight excluding hydrogens is 258 g/mol. The van der Waals surface area contributed by atoms with Gasteiger partial charge < -0.3 is 18.9 Å². The van der Waals surface area contributed by atoms with Crippen molar-refractivity contribution in [2.45, 2.75) is 0 Å². The number of hydrogen-bond acceptors (Lipinski definition) is 7. The van der Waals surface area contributed by atoms with E-state index < -0.39 is 11.1 Å². The number of benzene rings is 1. The van der Waals surface area contributed by atoms with E-state index >= 15 is 0 Å². The zero-order valence-corrected chi connectivity index (χ0v) is 9.61. The van der Waals surface area contributed by atoms with Gasteiger partial charge in [0.25, 0.3) is 5.69 Å². The summed E-state index contributed by atoms with van der Waals surface area (Å²) in [5.41, 5.74) is -0.0950. The molecule has 0 N–H and O–H groups in total. The fourth-order valence-corrected chi connectivity index (χ4v) is 1.24. The van der Waals surface area contributed by atoms with Crippen LogP contribution in [0.4, 0.5) is 10.5 Å². The third-order valence-electron chi connectivity index (χ3n) is 2.11. The van der Waals surface area contributed by atoms with Gasteiger partial charge in [-0.25, -0.2) is 4.79 Å². The van der Waals surface area contributed by atoms with Crippen molar-refractivity contribution < 1.29 is 28.7 Å². The van der Waals surface area contributed by atoms with Crippen LogP contribution in [0.3, 0.4) is 0 Å². The van der Waals surface area contributed by atoms with E-state index in [9.17, 15) is 14.9 Å². The van der Waals surface area contributed by atoms with Crippen LogP contribution >= 0.6 is 0 Å². The normalized spacial score (nSPS) is 12.9. The second-order valence-corrected chi connectivity index (χ2v) is 3.40. The number of nitrogens with zero attached hydrogens (tertiary/aromatic N) is 1. The lowest BCUT2D eigenvalue weighted by atomic mass is 10.3. The molecule has 2 rings (SSSR count). The number of nitro benzene ring substituents is 1. The third-order valence-corrected chi connectivity index (χ3v) is 2.11. The smallest absolute Gasteiger partial charge is 0.461 e. The Hall–Kier alpha value is -2.77.